The first-order valence-electron chi connectivity index (χ1n) is 5.21. The molecule has 1 aliphatic rings. The van der Waals surface area contributed by atoms with Gasteiger partial charge in [-0.05, 0) is 31.4 Å². The van der Waals surface area contributed by atoms with E-state index in [1.807, 2.05) is 0 Å². The standard InChI is InChI=1S/C11H15N3O/c12-10-3-4-13-6-9(10)11(15)7-14-5-8-1-2-8/h3-4,6,8,14H,1-2,5,7H2,(H2,12,13). The number of hydrogen-bond acceptors (Lipinski definition) is 4. The Hall–Kier alpha value is -1.42. The van der Waals surface area contributed by atoms with Gasteiger partial charge >= 0.3 is 0 Å². The van der Waals surface area contributed by atoms with Crippen molar-refractivity contribution in [3.05, 3.63) is 24.0 Å². The molecule has 0 saturated heterocycles. The van der Waals surface area contributed by atoms with Crippen LogP contribution in [0.2, 0.25) is 0 Å². The highest BCUT2D eigenvalue weighted by atomic mass is 16.1. The van der Waals surface area contributed by atoms with Crippen molar-refractivity contribution in [1.82, 2.24) is 10.3 Å². The number of nitrogen functional groups attached to an aromatic ring is 1. The van der Waals surface area contributed by atoms with Crippen molar-refractivity contribution in [1.29, 1.82) is 0 Å². The molecule has 1 heterocycles. The molecule has 0 bridgehead atoms. The van der Waals surface area contributed by atoms with Crippen LogP contribution < -0.4 is 11.1 Å². The smallest absolute Gasteiger partial charge is 0.180 e. The number of pyridine rings is 1. The number of anilines is 1. The number of aromatic nitrogens is 1. The summed E-state index contributed by atoms with van der Waals surface area (Å²) in [5.41, 5.74) is 6.69. The molecule has 80 valence electrons. The molecule has 1 aromatic heterocycles. The lowest BCUT2D eigenvalue weighted by molar-refractivity contribution is 0.0991. The van der Waals surface area contributed by atoms with Gasteiger partial charge in [-0.2, -0.15) is 0 Å². The number of carbonyl (C=O) groups excluding carboxylic acids is 1. The zero-order valence-electron chi connectivity index (χ0n) is 8.57. The topological polar surface area (TPSA) is 68.0 Å². The molecule has 1 aliphatic carbocycles. The Morgan fingerprint density at radius 3 is 3.07 bits per heavy atom. The Bertz CT molecular complexity index is 361. The zero-order valence-corrected chi connectivity index (χ0v) is 8.57. The summed E-state index contributed by atoms with van der Waals surface area (Å²) in [5.74, 6) is 0.797. The van der Waals surface area contributed by atoms with Crippen LogP contribution in [-0.4, -0.2) is 23.9 Å². The van der Waals surface area contributed by atoms with E-state index in [9.17, 15) is 4.79 Å². The van der Waals surface area contributed by atoms with E-state index < -0.39 is 0 Å². The number of carbonyl (C=O) groups is 1. The molecule has 1 fully saturated rings. The maximum Gasteiger partial charge on any atom is 0.180 e. The molecule has 0 aromatic carbocycles. The number of rotatable bonds is 5. The summed E-state index contributed by atoms with van der Waals surface area (Å²) in [6, 6.07) is 1.65. The SMILES string of the molecule is Nc1ccncc1C(=O)CNCC1CC1. The van der Waals surface area contributed by atoms with E-state index in [2.05, 4.69) is 10.3 Å². The largest absolute Gasteiger partial charge is 0.398 e. The molecule has 0 amide bonds. The van der Waals surface area contributed by atoms with Crippen LogP contribution >= 0.6 is 0 Å². The number of hydrogen-bond donors (Lipinski definition) is 2. The molecule has 3 N–H and O–H groups in total. The van der Waals surface area contributed by atoms with E-state index >= 15 is 0 Å². The van der Waals surface area contributed by atoms with Crippen LogP contribution in [0.1, 0.15) is 23.2 Å². The first-order chi connectivity index (χ1) is 7.27. The summed E-state index contributed by atoms with van der Waals surface area (Å²) in [5, 5.41) is 3.14. The summed E-state index contributed by atoms with van der Waals surface area (Å²) < 4.78 is 0. The Morgan fingerprint density at radius 1 is 1.60 bits per heavy atom. The number of Topliss-reactive ketones (excluding diaryl/α,β-unsaturated/α-hetero) is 1. The monoisotopic (exact) mass is 205 g/mol. The van der Waals surface area contributed by atoms with Crippen LogP contribution in [0, 0.1) is 5.92 Å². The van der Waals surface area contributed by atoms with Gasteiger partial charge in [0.1, 0.15) is 0 Å². The van der Waals surface area contributed by atoms with Crippen LogP contribution in [-0.2, 0) is 0 Å². The Balaban J connectivity index is 1.86. The molecule has 1 aromatic rings. The van der Waals surface area contributed by atoms with Crippen molar-refractivity contribution in [2.24, 2.45) is 5.92 Å². The number of ketones is 1. The lowest BCUT2D eigenvalue weighted by Crippen LogP contribution is -2.25. The van der Waals surface area contributed by atoms with Gasteiger partial charge in [0.25, 0.3) is 0 Å². The molecule has 4 heteroatoms. The molecular formula is C11H15N3O. The third kappa shape index (κ3) is 2.76. The van der Waals surface area contributed by atoms with Gasteiger partial charge in [-0.25, -0.2) is 0 Å². The minimum absolute atomic E-state index is 0.0150. The molecule has 1 saturated carbocycles. The molecule has 0 atom stereocenters. The maximum absolute atomic E-state index is 11.7. The second kappa shape index (κ2) is 4.40. The quantitative estimate of drug-likeness (QED) is 0.699. The molecule has 0 spiro atoms. The minimum atomic E-state index is 0.0150. The molecule has 0 aliphatic heterocycles. The second-order valence-corrected chi connectivity index (χ2v) is 3.96. The molecule has 2 rings (SSSR count). The fraction of sp³-hybridized carbons (Fsp3) is 0.455. The maximum atomic E-state index is 11.7. The third-order valence-electron chi connectivity index (χ3n) is 2.57. The van der Waals surface area contributed by atoms with Crippen molar-refractivity contribution in [3.63, 3.8) is 0 Å². The van der Waals surface area contributed by atoms with E-state index in [0.29, 0.717) is 17.8 Å². The van der Waals surface area contributed by atoms with E-state index in [-0.39, 0.29) is 5.78 Å². The van der Waals surface area contributed by atoms with E-state index in [0.717, 1.165) is 12.5 Å². The Labute approximate surface area is 88.9 Å². The van der Waals surface area contributed by atoms with Gasteiger partial charge in [0.2, 0.25) is 0 Å². The first-order valence-corrected chi connectivity index (χ1v) is 5.21. The lowest BCUT2D eigenvalue weighted by atomic mass is 10.1. The first kappa shape index (κ1) is 10.1. The molecule has 0 unspecified atom stereocenters. The molecule has 15 heavy (non-hydrogen) atoms. The summed E-state index contributed by atoms with van der Waals surface area (Å²) >= 11 is 0. The average Bonchev–Trinajstić information content (AvgIpc) is 3.02. The zero-order chi connectivity index (χ0) is 10.7. The van der Waals surface area contributed by atoms with Crippen molar-refractivity contribution in [2.45, 2.75) is 12.8 Å². The highest BCUT2D eigenvalue weighted by molar-refractivity contribution is 6.01. The van der Waals surface area contributed by atoms with Gasteiger partial charge in [-0.1, -0.05) is 0 Å². The van der Waals surface area contributed by atoms with Gasteiger partial charge < -0.3 is 11.1 Å². The molecule has 4 nitrogen and oxygen atoms in total. The van der Waals surface area contributed by atoms with Gasteiger partial charge in [0.15, 0.2) is 5.78 Å². The summed E-state index contributed by atoms with van der Waals surface area (Å²) in [7, 11) is 0. The normalized spacial score (nSPS) is 15.2. The molecule has 0 radical (unpaired) electrons. The van der Waals surface area contributed by atoms with Crippen LogP contribution in [0.25, 0.3) is 0 Å². The van der Waals surface area contributed by atoms with Crippen molar-refractivity contribution >= 4 is 11.5 Å². The van der Waals surface area contributed by atoms with Crippen LogP contribution in [0.3, 0.4) is 0 Å². The van der Waals surface area contributed by atoms with E-state index in [4.69, 9.17) is 5.73 Å². The summed E-state index contributed by atoms with van der Waals surface area (Å²) in [6.45, 7) is 1.29. The number of nitrogens with zero attached hydrogens (tertiary/aromatic N) is 1. The summed E-state index contributed by atoms with van der Waals surface area (Å²) in [6.07, 6.45) is 5.69. The number of nitrogens with two attached hydrogens (primary N) is 1. The highest BCUT2D eigenvalue weighted by Gasteiger charge is 2.20. The van der Waals surface area contributed by atoms with Crippen molar-refractivity contribution in [3.8, 4) is 0 Å². The minimum Gasteiger partial charge on any atom is -0.398 e. The van der Waals surface area contributed by atoms with Crippen LogP contribution in [0.15, 0.2) is 18.5 Å². The highest BCUT2D eigenvalue weighted by Crippen LogP contribution is 2.27. The predicted octanol–water partition coefficient (Wildman–Crippen LogP) is 0.846. The average molecular weight is 205 g/mol. The van der Waals surface area contributed by atoms with Crippen LogP contribution in [0.5, 0.6) is 0 Å². The fourth-order valence-electron chi connectivity index (χ4n) is 1.45. The number of nitrogens with one attached hydrogen (secondary N) is 1. The Kier molecular flexibility index (Phi) is 2.97. The van der Waals surface area contributed by atoms with Gasteiger partial charge in [-0.15, -0.1) is 0 Å². The van der Waals surface area contributed by atoms with E-state index in [1.54, 1.807) is 12.3 Å². The van der Waals surface area contributed by atoms with Gasteiger partial charge in [-0.3, -0.25) is 9.78 Å². The fourth-order valence-corrected chi connectivity index (χ4v) is 1.45. The van der Waals surface area contributed by atoms with Gasteiger partial charge in [0, 0.05) is 18.1 Å². The second-order valence-electron chi connectivity index (χ2n) is 3.96. The van der Waals surface area contributed by atoms with Gasteiger partial charge in [0.05, 0.1) is 12.1 Å². The Morgan fingerprint density at radius 2 is 2.40 bits per heavy atom. The molecular weight excluding hydrogens is 190 g/mol. The van der Waals surface area contributed by atoms with E-state index in [1.165, 1.54) is 19.0 Å². The van der Waals surface area contributed by atoms with Crippen molar-refractivity contribution in [2.75, 3.05) is 18.8 Å². The van der Waals surface area contributed by atoms with Crippen LogP contribution in [0.4, 0.5) is 5.69 Å². The predicted molar refractivity (Wildman–Crippen MR) is 58.6 cm³/mol. The summed E-state index contributed by atoms with van der Waals surface area (Å²) in [4.78, 5) is 15.6. The lowest BCUT2D eigenvalue weighted by Gasteiger charge is -2.04. The third-order valence-corrected chi connectivity index (χ3v) is 2.57. The van der Waals surface area contributed by atoms with Crippen molar-refractivity contribution < 1.29 is 4.79 Å².